The van der Waals surface area contributed by atoms with Crippen LogP contribution in [0.3, 0.4) is 0 Å². The van der Waals surface area contributed by atoms with Gasteiger partial charge in [0.15, 0.2) is 12.6 Å². The molecular formula is C9H6FN3O. The number of ether oxygens (including phenoxy) is 1. The summed E-state index contributed by atoms with van der Waals surface area (Å²) in [6.45, 7) is 0.367. The van der Waals surface area contributed by atoms with E-state index in [2.05, 4.69) is 9.97 Å². The fourth-order valence-corrected chi connectivity index (χ4v) is 1.52. The molecule has 0 atom stereocenters. The molecule has 3 rings (SSSR count). The Morgan fingerprint density at radius 3 is 3.21 bits per heavy atom. The van der Waals surface area contributed by atoms with E-state index in [-0.39, 0.29) is 0 Å². The fraction of sp³-hybridized carbons (Fsp3) is 0.111. The second kappa shape index (κ2) is 2.54. The summed E-state index contributed by atoms with van der Waals surface area (Å²) in [4.78, 5) is 7.63. The van der Waals surface area contributed by atoms with Crippen LogP contribution in [-0.2, 0) is 6.73 Å². The molecule has 0 saturated carbocycles. The standard InChI is InChI=1S/C9H6FN3O/c10-8-7-6(1-2-11-8)14-5-13-4-3-12-9(7)13/h1-4H,5H2. The van der Waals surface area contributed by atoms with Crippen LogP contribution in [0, 0.1) is 5.95 Å². The predicted molar refractivity (Wildman–Crippen MR) is 46.0 cm³/mol. The maximum Gasteiger partial charge on any atom is 0.227 e. The Labute approximate surface area is 79.0 Å². The first-order valence-corrected chi connectivity index (χ1v) is 4.15. The molecule has 0 saturated heterocycles. The zero-order valence-electron chi connectivity index (χ0n) is 7.14. The zero-order chi connectivity index (χ0) is 9.54. The van der Waals surface area contributed by atoms with Crippen molar-refractivity contribution >= 4 is 0 Å². The van der Waals surface area contributed by atoms with Crippen LogP contribution in [-0.4, -0.2) is 14.5 Å². The molecule has 5 heteroatoms. The SMILES string of the molecule is Fc1nccc2c1-c1nccn1CO2. The molecule has 3 heterocycles. The first-order chi connectivity index (χ1) is 6.86. The number of rotatable bonds is 0. The molecule has 0 bridgehead atoms. The van der Waals surface area contributed by atoms with Gasteiger partial charge in [-0.15, -0.1) is 0 Å². The van der Waals surface area contributed by atoms with E-state index in [1.54, 1.807) is 23.0 Å². The summed E-state index contributed by atoms with van der Waals surface area (Å²) in [6.07, 6.45) is 4.73. The van der Waals surface area contributed by atoms with Crippen molar-refractivity contribution in [1.29, 1.82) is 0 Å². The van der Waals surface area contributed by atoms with E-state index in [0.29, 0.717) is 23.9 Å². The van der Waals surface area contributed by atoms with Crippen molar-refractivity contribution in [2.24, 2.45) is 0 Å². The van der Waals surface area contributed by atoms with Crippen molar-refractivity contribution in [1.82, 2.24) is 14.5 Å². The molecule has 0 spiro atoms. The Kier molecular flexibility index (Phi) is 1.36. The van der Waals surface area contributed by atoms with Crippen LogP contribution >= 0.6 is 0 Å². The van der Waals surface area contributed by atoms with Crippen LogP contribution < -0.4 is 4.74 Å². The molecule has 4 nitrogen and oxygen atoms in total. The summed E-state index contributed by atoms with van der Waals surface area (Å²) >= 11 is 0. The number of fused-ring (bicyclic) bond motifs is 3. The molecule has 2 aromatic heterocycles. The van der Waals surface area contributed by atoms with E-state index in [9.17, 15) is 4.39 Å². The van der Waals surface area contributed by atoms with Gasteiger partial charge < -0.3 is 4.74 Å². The maximum atomic E-state index is 13.4. The molecular weight excluding hydrogens is 185 g/mol. The van der Waals surface area contributed by atoms with E-state index in [1.165, 1.54) is 6.20 Å². The molecule has 0 unspecified atom stereocenters. The summed E-state index contributed by atoms with van der Waals surface area (Å²) in [6, 6.07) is 1.64. The van der Waals surface area contributed by atoms with Crippen LogP contribution in [0.4, 0.5) is 4.39 Å². The third-order valence-corrected chi connectivity index (χ3v) is 2.16. The van der Waals surface area contributed by atoms with E-state index < -0.39 is 5.95 Å². The summed E-state index contributed by atoms with van der Waals surface area (Å²) < 4.78 is 20.4. The van der Waals surface area contributed by atoms with E-state index in [1.807, 2.05) is 0 Å². The van der Waals surface area contributed by atoms with Crippen molar-refractivity contribution < 1.29 is 9.13 Å². The third-order valence-electron chi connectivity index (χ3n) is 2.16. The summed E-state index contributed by atoms with van der Waals surface area (Å²) in [5.41, 5.74) is 0.337. The number of aromatic nitrogens is 3. The minimum atomic E-state index is -0.547. The number of hydrogen-bond donors (Lipinski definition) is 0. The molecule has 1 aliphatic heterocycles. The van der Waals surface area contributed by atoms with Gasteiger partial charge in [0.2, 0.25) is 5.95 Å². The van der Waals surface area contributed by atoms with Gasteiger partial charge in [-0.05, 0) is 6.07 Å². The van der Waals surface area contributed by atoms with Gasteiger partial charge in [0.05, 0.1) is 0 Å². The lowest BCUT2D eigenvalue weighted by Gasteiger charge is -2.18. The molecule has 0 N–H and O–H groups in total. The first-order valence-electron chi connectivity index (χ1n) is 4.15. The lowest BCUT2D eigenvalue weighted by atomic mass is 10.2. The quantitative estimate of drug-likeness (QED) is 0.591. The van der Waals surface area contributed by atoms with Crippen LogP contribution in [0.2, 0.25) is 0 Å². The number of nitrogens with zero attached hydrogens (tertiary/aromatic N) is 3. The Morgan fingerprint density at radius 2 is 2.29 bits per heavy atom. The van der Waals surface area contributed by atoms with Gasteiger partial charge in [0.25, 0.3) is 0 Å². The van der Waals surface area contributed by atoms with Crippen molar-refractivity contribution in [2.75, 3.05) is 0 Å². The second-order valence-electron chi connectivity index (χ2n) is 2.97. The lowest BCUT2D eigenvalue weighted by Crippen LogP contribution is -2.13. The number of hydrogen-bond acceptors (Lipinski definition) is 3. The summed E-state index contributed by atoms with van der Waals surface area (Å²) in [5, 5.41) is 0. The topological polar surface area (TPSA) is 39.9 Å². The highest BCUT2D eigenvalue weighted by Gasteiger charge is 2.22. The normalized spacial score (nSPS) is 12.9. The van der Waals surface area contributed by atoms with Gasteiger partial charge >= 0.3 is 0 Å². The van der Waals surface area contributed by atoms with E-state index in [4.69, 9.17) is 4.74 Å². The molecule has 14 heavy (non-hydrogen) atoms. The van der Waals surface area contributed by atoms with Crippen molar-refractivity contribution in [3.05, 3.63) is 30.6 Å². The Bertz CT molecular complexity index is 495. The van der Waals surface area contributed by atoms with E-state index in [0.717, 1.165) is 0 Å². The van der Waals surface area contributed by atoms with Crippen LogP contribution in [0.1, 0.15) is 0 Å². The minimum absolute atomic E-state index is 0.337. The molecule has 70 valence electrons. The Morgan fingerprint density at radius 1 is 1.36 bits per heavy atom. The Balaban J connectivity index is 2.34. The zero-order valence-corrected chi connectivity index (χ0v) is 7.14. The smallest absolute Gasteiger partial charge is 0.227 e. The van der Waals surface area contributed by atoms with E-state index >= 15 is 0 Å². The Hall–Kier alpha value is -1.91. The average Bonchev–Trinajstić information content (AvgIpc) is 2.65. The minimum Gasteiger partial charge on any atom is -0.472 e. The van der Waals surface area contributed by atoms with Crippen LogP contribution in [0.15, 0.2) is 24.7 Å². The number of pyridine rings is 1. The fourth-order valence-electron chi connectivity index (χ4n) is 1.52. The van der Waals surface area contributed by atoms with Crippen molar-refractivity contribution in [3.63, 3.8) is 0 Å². The van der Waals surface area contributed by atoms with Crippen LogP contribution in [0.25, 0.3) is 11.4 Å². The molecule has 0 radical (unpaired) electrons. The monoisotopic (exact) mass is 191 g/mol. The van der Waals surface area contributed by atoms with Gasteiger partial charge in [-0.25, -0.2) is 9.97 Å². The molecule has 2 aromatic rings. The molecule has 1 aliphatic rings. The third kappa shape index (κ3) is 0.863. The first kappa shape index (κ1) is 7.49. The summed E-state index contributed by atoms with van der Waals surface area (Å²) in [5.74, 6) is 0.516. The highest BCUT2D eigenvalue weighted by molar-refractivity contribution is 5.64. The summed E-state index contributed by atoms with van der Waals surface area (Å²) in [7, 11) is 0. The lowest BCUT2D eigenvalue weighted by molar-refractivity contribution is 0.227. The highest BCUT2D eigenvalue weighted by atomic mass is 19.1. The van der Waals surface area contributed by atoms with Gasteiger partial charge in [0, 0.05) is 18.6 Å². The van der Waals surface area contributed by atoms with Gasteiger partial charge in [-0.2, -0.15) is 4.39 Å². The van der Waals surface area contributed by atoms with Gasteiger partial charge in [-0.3, -0.25) is 4.57 Å². The average molecular weight is 191 g/mol. The van der Waals surface area contributed by atoms with Crippen LogP contribution in [0.5, 0.6) is 5.75 Å². The second-order valence-corrected chi connectivity index (χ2v) is 2.97. The molecule has 0 amide bonds. The largest absolute Gasteiger partial charge is 0.472 e. The molecule has 0 aliphatic carbocycles. The number of halogens is 1. The number of imidazole rings is 1. The molecule has 0 fully saturated rings. The van der Waals surface area contributed by atoms with Crippen molar-refractivity contribution in [3.8, 4) is 17.1 Å². The van der Waals surface area contributed by atoms with Crippen molar-refractivity contribution in [2.45, 2.75) is 6.73 Å². The highest BCUT2D eigenvalue weighted by Crippen LogP contribution is 2.33. The van der Waals surface area contributed by atoms with Gasteiger partial charge in [-0.1, -0.05) is 0 Å². The maximum absolute atomic E-state index is 13.4. The molecule has 0 aromatic carbocycles. The predicted octanol–water partition coefficient (Wildman–Crippen LogP) is 1.43. The van der Waals surface area contributed by atoms with Gasteiger partial charge in [0.1, 0.15) is 11.3 Å².